The topological polar surface area (TPSA) is 64.4 Å². The number of nitro benzene ring substituents is 1. The number of ether oxygens (including phenoxy) is 1. The van der Waals surface area contributed by atoms with E-state index in [0.717, 1.165) is 20.3 Å². The fraction of sp³-hybridized carbons (Fsp3) is 0.143. The molecule has 0 radical (unpaired) electrons. The number of non-ortho nitro benzene ring substituents is 1. The molecule has 110 valence electrons. The minimum Gasteiger partial charge on any atom is -0.496 e. The van der Waals surface area contributed by atoms with E-state index in [4.69, 9.17) is 4.74 Å². The van der Waals surface area contributed by atoms with Crippen molar-refractivity contribution in [3.05, 3.63) is 61.0 Å². The van der Waals surface area contributed by atoms with E-state index in [1.54, 1.807) is 13.2 Å². The zero-order valence-electron chi connectivity index (χ0n) is 11.1. The Balaban J connectivity index is 2.22. The molecular formula is C14H12Br2N2O3. The second-order valence-electron chi connectivity index (χ2n) is 4.23. The SMILES string of the molecule is COc1ccc(Br)cc1CNc1cc([N+](=O)[O-])ccc1Br. The van der Waals surface area contributed by atoms with Crippen LogP contribution in [-0.2, 0) is 6.54 Å². The molecule has 0 saturated carbocycles. The Kier molecular flexibility index (Phi) is 5.19. The molecule has 0 bridgehead atoms. The summed E-state index contributed by atoms with van der Waals surface area (Å²) in [5, 5.41) is 14.0. The van der Waals surface area contributed by atoms with Gasteiger partial charge in [0.25, 0.3) is 5.69 Å². The first-order valence-electron chi connectivity index (χ1n) is 6.01. The molecule has 0 spiro atoms. The van der Waals surface area contributed by atoms with Crippen LogP contribution in [0.25, 0.3) is 0 Å². The van der Waals surface area contributed by atoms with Crippen molar-refractivity contribution in [1.29, 1.82) is 0 Å². The van der Waals surface area contributed by atoms with Gasteiger partial charge in [0.05, 0.1) is 17.7 Å². The summed E-state index contributed by atoms with van der Waals surface area (Å²) in [6.45, 7) is 0.488. The van der Waals surface area contributed by atoms with Gasteiger partial charge in [-0.25, -0.2) is 0 Å². The van der Waals surface area contributed by atoms with Gasteiger partial charge in [-0.2, -0.15) is 0 Å². The van der Waals surface area contributed by atoms with Crippen LogP contribution in [0.5, 0.6) is 5.75 Å². The molecule has 0 amide bonds. The summed E-state index contributed by atoms with van der Waals surface area (Å²) >= 11 is 6.79. The van der Waals surface area contributed by atoms with Crippen molar-refractivity contribution in [2.75, 3.05) is 12.4 Å². The van der Waals surface area contributed by atoms with Crippen LogP contribution < -0.4 is 10.1 Å². The third-order valence-electron chi connectivity index (χ3n) is 2.87. The van der Waals surface area contributed by atoms with Crippen LogP contribution in [0.15, 0.2) is 45.3 Å². The molecule has 2 aromatic rings. The van der Waals surface area contributed by atoms with E-state index in [2.05, 4.69) is 37.2 Å². The number of methoxy groups -OCH3 is 1. The van der Waals surface area contributed by atoms with Crippen LogP contribution in [0.2, 0.25) is 0 Å². The molecule has 7 heteroatoms. The molecule has 2 rings (SSSR count). The van der Waals surface area contributed by atoms with E-state index < -0.39 is 4.92 Å². The lowest BCUT2D eigenvalue weighted by molar-refractivity contribution is -0.384. The van der Waals surface area contributed by atoms with Gasteiger partial charge >= 0.3 is 0 Å². The van der Waals surface area contributed by atoms with Crippen LogP contribution in [0.3, 0.4) is 0 Å². The maximum absolute atomic E-state index is 10.8. The summed E-state index contributed by atoms with van der Waals surface area (Å²) in [6, 6.07) is 10.3. The molecule has 21 heavy (non-hydrogen) atoms. The van der Waals surface area contributed by atoms with E-state index >= 15 is 0 Å². The Labute approximate surface area is 138 Å². The molecule has 0 atom stereocenters. The molecule has 0 aliphatic carbocycles. The highest BCUT2D eigenvalue weighted by Crippen LogP contribution is 2.29. The lowest BCUT2D eigenvalue weighted by Crippen LogP contribution is -2.03. The first-order chi connectivity index (χ1) is 10.0. The number of hydrogen-bond donors (Lipinski definition) is 1. The van der Waals surface area contributed by atoms with Crippen LogP contribution in [0.4, 0.5) is 11.4 Å². The molecule has 0 aliphatic rings. The lowest BCUT2D eigenvalue weighted by Gasteiger charge is -2.12. The molecule has 0 saturated heterocycles. The highest BCUT2D eigenvalue weighted by atomic mass is 79.9. The van der Waals surface area contributed by atoms with Gasteiger partial charge < -0.3 is 10.1 Å². The largest absolute Gasteiger partial charge is 0.496 e. The summed E-state index contributed by atoms with van der Waals surface area (Å²) in [4.78, 5) is 10.4. The minimum absolute atomic E-state index is 0.0434. The van der Waals surface area contributed by atoms with Gasteiger partial charge in [0, 0.05) is 33.2 Å². The normalized spacial score (nSPS) is 10.2. The number of halogens is 2. The molecular weight excluding hydrogens is 404 g/mol. The molecule has 0 fully saturated rings. The zero-order valence-corrected chi connectivity index (χ0v) is 14.3. The molecule has 1 N–H and O–H groups in total. The van der Waals surface area contributed by atoms with Crippen LogP contribution in [-0.4, -0.2) is 12.0 Å². The first kappa shape index (κ1) is 15.8. The maximum Gasteiger partial charge on any atom is 0.271 e. The Morgan fingerprint density at radius 3 is 2.67 bits per heavy atom. The monoisotopic (exact) mass is 414 g/mol. The van der Waals surface area contributed by atoms with E-state index in [0.29, 0.717) is 12.2 Å². The maximum atomic E-state index is 10.8. The number of anilines is 1. The summed E-state index contributed by atoms with van der Waals surface area (Å²) in [5.41, 5.74) is 1.65. The van der Waals surface area contributed by atoms with Gasteiger partial charge in [0.1, 0.15) is 5.75 Å². The average molecular weight is 416 g/mol. The van der Waals surface area contributed by atoms with Crippen molar-refractivity contribution in [3.63, 3.8) is 0 Å². The molecule has 0 aromatic heterocycles. The van der Waals surface area contributed by atoms with E-state index in [9.17, 15) is 10.1 Å². The fourth-order valence-corrected chi connectivity index (χ4v) is 2.63. The third kappa shape index (κ3) is 3.95. The Morgan fingerprint density at radius 1 is 1.24 bits per heavy atom. The fourth-order valence-electron chi connectivity index (χ4n) is 1.84. The van der Waals surface area contributed by atoms with Gasteiger partial charge in [-0.05, 0) is 40.2 Å². The summed E-state index contributed by atoms with van der Waals surface area (Å²) < 4.78 is 7.01. The summed E-state index contributed by atoms with van der Waals surface area (Å²) in [6.07, 6.45) is 0. The zero-order chi connectivity index (χ0) is 15.4. The van der Waals surface area contributed by atoms with Crippen molar-refractivity contribution in [2.45, 2.75) is 6.54 Å². The van der Waals surface area contributed by atoms with Crippen LogP contribution in [0.1, 0.15) is 5.56 Å². The summed E-state index contributed by atoms with van der Waals surface area (Å²) in [7, 11) is 1.61. The minimum atomic E-state index is -0.419. The average Bonchev–Trinajstić information content (AvgIpc) is 2.46. The number of nitrogens with zero attached hydrogens (tertiary/aromatic N) is 1. The van der Waals surface area contributed by atoms with Gasteiger partial charge in [-0.15, -0.1) is 0 Å². The number of hydrogen-bond acceptors (Lipinski definition) is 4. The Hall–Kier alpha value is -1.60. The number of rotatable bonds is 5. The predicted octanol–water partition coefficient (Wildman–Crippen LogP) is 4.74. The van der Waals surface area contributed by atoms with Crippen molar-refractivity contribution in [3.8, 4) is 5.75 Å². The first-order valence-corrected chi connectivity index (χ1v) is 7.60. The van der Waals surface area contributed by atoms with Crippen molar-refractivity contribution >= 4 is 43.2 Å². The smallest absolute Gasteiger partial charge is 0.271 e. The Bertz CT molecular complexity index is 677. The van der Waals surface area contributed by atoms with Gasteiger partial charge in [0.2, 0.25) is 0 Å². The number of nitrogens with one attached hydrogen (secondary N) is 1. The van der Waals surface area contributed by atoms with Gasteiger partial charge in [-0.1, -0.05) is 15.9 Å². The lowest BCUT2D eigenvalue weighted by atomic mass is 10.2. The van der Waals surface area contributed by atoms with E-state index in [1.165, 1.54) is 12.1 Å². The van der Waals surface area contributed by atoms with E-state index in [1.807, 2.05) is 18.2 Å². The molecule has 5 nitrogen and oxygen atoms in total. The predicted molar refractivity (Wildman–Crippen MR) is 88.8 cm³/mol. The van der Waals surface area contributed by atoms with Crippen molar-refractivity contribution in [1.82, 2.24) is 0 Å². The number of nitro groups is 1. The second kappa shape index (κ2) is 6.91. The Morgan fingerprint density at radius 2 is 2.00 bits per heavy atom. The van der Waals surface area contributed by atoms with Crippen molar-refractivity contribution in [2.24, 2.45) is 0 Å². The van der Waals surface area contributed by atoms with Crippen molar-refractivity contribution < 1.29 is 9.66 Å². The van der Waals surface area contributed by atoms with Gasteiger partial charge in [-0.3, -0.25) is 10.1 Å². The number of benzene rings is 2. The quantitative estimate of drug-likeness (QED) is 0.565. The highest BCUT2D eigenvalue weighted by molar-refractivity contribution is 9.10. The molecule has 0 unspecified atom stereocenters. The second-order valence-corrected chi connectivity index (χ2v) is 6.00. The highest BCUT2D eigenvalue weighted by Gasteiger charge is 2.10. The third-order valence-corrected chi connectivity index (χ3v) is 4.06. The van der Waals surface area contributed by atoms with Crippen LogP contribution >= 0.6 is 31.9 Å². The van der Waals surface area contributed by atoms with E-state index in [-0.39, 0.29) is 5.69 Å². The standard InChI is InChI=1S/C14H12Br2N2O3/c1-21-14-5-2-10(15)6-9(14)8-17-13-7-11(18(19)20)3-4-12(13)16/h2-7,17H,8H2,1H3. The van der Waals surface area contributed by atoms with Crippen LogP contribution in [0, 0.1) is 10.1 Å². The summed E-state index contributed by atoms with van der Waals surface area (Å²) in [5.74, 6) is 0.757. The molecule has 0 aliphatic heterocycles. The van der Waals surface area contributed by atoms with Gasteiger partial charge in [0.15, 0.2) is 0 Å². The molecule has 2 aromatic carbocycles. The molecule has 0 heterocycles.